The van der Waals surface area contributed by atoms with Crippen LogP contribution in [0.15, 0.2) is 29.9 Å². The molecule has 2 heterocycles. The van der Waals surface area contributed by atoms with Crippen molar-refractivity contribution in [1.82, 2.24) is 15.3 Å². The highest BCUT2D eigenvalue weighted by Crippen LogP contribution is 2.20. The van der Waals surface area contributed by atoms with E-state index < -0.39 is 6.04 Å². The van der Waals surface area contributed by atoms with E-state index in [0.29, 0.717) is 6.54 Å². The minimum absolute atomic E-state index is 0.200. The number of carbonyl (C=O) groups is 1. The molecular formula is C13H16N4O2S. The molecule has 0 aliphatic rings. The van der Waals surface area contributed by atoms with Crippen molar-refractivity contribution in [1.29, 1.82) is 0 Å². The van der Waals surface area contributed by atoms with E-state index in [0.717, 1.165) is 16.3 Å². The van der Waals surface area contributed by atoms with Gasteiger partial charge in [-0.05, 0) is 12.1 Å². The van der Waals surface area contributed by atoms with Gasteiger partial charge in [-0.25, -0.2) is 4.98 Å². The molecular weight excluding hydrogens is 276 g/mol. The fourth-order valence-corrected chi connectivity index (χ4v) is 2.34. The molecule has 0 saturated carbocycles. The number of nitrogens with two attached hydrogens (primary N) is 1. The topological polar surface area (TPSA) is 90.1 Å². The maximum Gasteiger partial charge on any atom is 0.239 e. The first-order chi connectivity index (χ1) is 9.70. The molecule has 0 aromatic carbocycles. The molecule has 0 fully saturated rings. The Balaban J connectivity index is 1.92. The van der Waals surface area contributed by atoms with Crippen LogP contribution in [0, 0.1) is 0 Å². The zero-order valence-corrected chi connectivity index (χ0v) is 11.9. The monoisotopic (exact) mass is 292 g/mol. The molecule has 0 aliphatic heterocycles. The van der Waals surface area contributed by atoms with Gasteiger partial charge in [0.25, 0.3) is 0 Å². The summed E-state index contributed by atoms with van der Waals surface area (Å²) in [5, 5.41) is 5.52. The first kappa shape index (κ1) is 14.6. The number of thiazole rings is 1. The average Bonchev–Trinajstić information content (AvgIpc) is 2.95. The summed E-state index contributed by atoms with van der Waals surface area (Å²) in [5.74, 6) is -0.243. The third-order valence-electron chi connectivity index (χ3n) is 2.62. The number of methoxy groups -OCH3 is 1. The molecule has 2 aromatic rings. The van der Waals surface area contributed by atoms with E-state index in [-0.39, 0.29) is 12.5 Å². The van der Waals surface area contributed by atoms with Crippen LogP contribution < -0.4 is 11.1 Å². The first-order valence-electron chi connectivity index (χ1n) is 6.07. The molecule has 6 nitrogen and oxygen atoms in total. The van der Waals surface area contributed by atoms with Gasteiger partial charge in [0.1, 0.15) is 11.0 Å². The molecule has 2 aromatic heterocycles. The van der Waals surface area contributed by atoms with Gasteiger partial charge in [0.2, 0.25) is 5.91 Å². The number of ether oxygens (including phenoxy) is 1. The lowest BCUT2D eigenvalue weighted by molar-refractivity contribution is -0.123. The number of rotatable bonds is 6. The molecule has 0 radical (unpaired) electrons. The van der Waals surface area contributed by atoms with Crippen LogP contribution in [0.3, 0.4) is 0 Å². The third kappa shape index (κ3) is 3.83. The van der Waals surface area contributed by atoms with Gasteiger partial charge in [-0.1, -0.05) is 0 Å². The van der Waals surface area contributed by atoms with Crippen LogP contribution >= 0.6 is 11.3 Å². The summed E-state index contributed by atoms with van der Waals surface area (Å²) in [6, 6.07) is 3.14. The van der Waals surface area contributed by atoms with E-state index in [4.69, 9.17) is 10.5 Å². The summed E-state index contributed by atoms with van der Waals surface area (Å²) in [5.41, 5.74) is 7.51. The van der Waals surface area contributed by atoms with Crippen molar-refractivity contribution in [3.63, 3.8) is 0 Å². The fourth-order valence-electron chi connectivity index (χ4n) is 1.60. The summed E-state index contributed by atoms with van der Waals surface area (Å²) >= 11 is 1.49. The second-order valence-electron chi connectivity index (χ2n) is 4.14. The van der Waals surface area contributed by atoms with Crippen LogP contribution in [0.2, 0.25) is 0 Å². The van der Waals surface area contributed by atoms with Gasteiger partial charge in [-0.15, -0.1) is 11.3 Å². The highest BCUT2D eigenvalue weighted by atomic mass is 32.1. The van der Waals surface area contributed by atoms with E-state index in [1.165, 1.54) is 18.4 Å². The Morgan fingerprint density at radius 2 is 2.25 bits per heavy atom. The highest BCUT2D eigenvalue weighted by molar-refractivity contribution is 7.09. The number of aromatic nitrogens is 2. The van der Waals surface area contributed by atoms with E-state index in [9.17, 15) is 4.79 Å². The standard InChI is InChI=1S/C13H16N4O2S/c1-19-7-10(14)13(18)16-6-12-17-11(8-20-12)9-2-4-15-5-3-9/h2-5,8,10H,6-7,14H2,1H3,(H,16,18). The van der Waals surface area contributed by atoms with Gasteiger partial charge in [0.15, 0.2) is 0 Å². The number of nitrogens with one attached hydrogen (secondary N) is 1. The Morgan fingerprint density at radius 1 is 1.50 bits per heavy atom. The number of nitrogens with zero attached hydrogens (tertiary/aromatic N) is 2. The van der Waals surface area contributed by atoms with Gasteiger partial charge < -0.3 is 15.8 Å². The van der Waals surface area contributed by atoms with Gasteiger partial charge in [0, 0.05) is 30.4 Å². The number of hydrogen-bond donors (Lipinski definition) is 2. The molecule has 3 N–H and O–H groups in total. The molecule has 1 atom stereocenters. The van der Waals surface area contributed by atoms with Crippen LogP contribution in [0.5, 0.6) is 0 Å². The number of amides is 1. The maximum absolute atomic E-state index is 11.6. The van der Waals surface area contributed by atoms with Gasteiger partial charge >= 0.3 is 0 Å². The van der Waals surface area contributed by atoms with Crippen molar-refractivity contribution in [3.05, 3.63) is 34.9 Å². The molecule has 0 bridgehead atoms. The molecule has 106 valence electrons. The molecule has 0 aliphatic carbocycles. The number of pyridine rings is 1. The van der Waals surface area contributed by atoms with Crippen LogP contribution in [-0.2, 0) is 16.1 Å². The lowest BCUT2D eigenvalue weighted by Gasteiger charge is -2.09. The summed E-state index contributed by atoms with van der Waals surface area (Å²) in [4.78, 5) is 20.1. The van der Waals surface area contributed by atoms with Crippen molar-refractivity contribution in [2.24, 2.45) is 5.73 Å². The molecule has 1 amide bonds. The van der Waals surface area contributed by atoms with Crippen LogP contribution in [0.25, 0.3) is 11.3 Å². The second kappa shape index (κ2) is 7.09. The lowest BCUT2D eigenvalue weighted by Crippen LogP contribution is -2.43. The minimum Gasteiger partial charge on any atom is -0.383 e. The Bertz CT molecular complexity index is 559. The van der Waals surface area contributed by atoms with Crippen molar-refractivity contribution in [2.45, 2.75) is 12.6 Å². The molecule has 0 saturated heterocycles. The molecule has 1 unspecified atom stereocenters. The van der Waals surface area contributed by atoms with Crippen molar-refractivity contribution >= 4 is 17.2 Å². The van der Waals surface area contributed by atoms with Gasteiger partial charge in [0.05, 0.1) is 18.8 Å². The zero-order chi connectivity index (χ0) is 14.4. The number of hydrogen-bond acceptors (Lipinski definition) is 6. The summed E-state index contributed by atoms with van der Waals surface area (Å²) in [6.45, 7) is 0.567. The predicted octanol–water partition coefficient (Wildman–Crippen LogP) is 0.795. The van der Waals surface area contributed by atoms with Crippen molar-refractivity contribution < 1.29 is 9.53 Å². The minimum atomic E-state index is -0.653. The normalized spacial score (nSPS) is 12.1. The summed E-state index contributed by atoms with van der Waals surface area (Å²) in [7, 11) is 1.51. The first-order valence-corrected chi connectivity index (χ1v) is 6.95. The van der Waals surface area contributed by atoms with Crippen LogP contribution in [0.4, 0.5) is 0 Å². The SMILES string of the molecule is COCC(N)C(=O)NCc1nc(-c2ccncc2)cs1. The fraction of sp³-hybridized carbons (Fsp3) is 0.308. The molecule has 0 spiro atoms. The molecule has 7 heteroatoms. The molecule has 20 heavy (non-hydrogen) atoms. The lowest BCUT2D eigenvalue weighted by atomic mass is 10.2. The smallest absolute Gasteiger partial charge is 0.239 e. The predicted molar refractivity (Wildman–Crippen MR) is 77.0 cm³/mol. The van der Waals surface area contributed by atoms with Crippen LogP contribution in [-0.4, -0.2) is 35.6 Å². The number of carbonyl (C=O) groups excluding carboxylic acids is 1. The van der Waals surface area contributed by atoms with E-state index in [2.05, 4.69) is 15.3 Å². The zero-order valence-electron chi connectivity index (χ0n) is 11.1. The van der Waals surface area contributed by atoms with Gasteiger partial charge in [-0.2, -0.15) is 0 Å². The Morgan fingerprint density at radius 3 is 2.95 bits per heavy atom. The summed E-state index contributed by atoms with van der Waals surface area (Å²) < 4.78 is 4.83. The summed E-state index contributed by atoms with van der Waals surface area (Å²) in [6.07, 6.45) is 3.44. The average molecular weight is 292 g/mol. The highest BCUT2D eigenvalue weighted by Gasteiger charge is 2.13. The molecule has 2 rings (SSSR count). The Labute approximate surface area is 121 Å². The van der Waals surface area contributed by atoms with E-state index in [1.54, 1.807) is 12.4 Å². The van der Waals surface area contributed by atoms with Gasteiger partial charge in [-0.3, -0.25) is 9.78 Å². The quantitative estimate of drug-likeness (QED) is 0.821. The van der Waals surface area contributed by atoms with Crippen molar-refractivity contribution in [3.8, 4) is 11.3 Å². The van der Waals surface area contributed by atoms with E-state index in [1.807, 2.05) is 17.5 Å². The largest absolute Gasteiger partial charge is 0.383 e. The van der Waals surface area contributed by atoms with Crippen LogP contribution in [0.1, 0.15) is 5.01 Å². The van der Waals surface area contributed by atoms with E-state index >= 15 is 0 Å². The Kier molecular flexibility index (Phi) is 5.16. The Hall–Kier alpha value is -1.83. The van der Waals surface area contributed by atoms with Crippen molar-refractivity contribution in [2.75, 3.05) is 13.7 Å². The second-order valence-corrected chi connectivity index (χ2v) is 5.08. The third-order valence-corrected chi connectivity index (χ3v) is 3.47. The maximum atomic E-state index is 11.6.